The average molecular weight is 665 g/mol. The number of nitrogens with one attached hydrogen (secondary N) is 3. The number of benzene rings is 3. The first kappa shape index (κ1) is 33.5. The van der Waals surface area contributed by atoms with Crippen LogP contribution in [0.3, 0.4) is 0 Å². The minimum Gasteiger partial charge on any atom is -0.496 e. The smallest absolute Gasteiger partial charge is 0.272 e. The molecule has 1 aliphatic carbocycles. The summed E-state index contributed by atoms with van der Waals surface area (Å²) in [5.41, 5.74) is 3.23. The highest BCUT2D eigenvalue weighted by Crippen LogP contribution is 2.40. The lowest BCUT2D eigenvalue weighted by Crippen LogP contribution is -2.30. The Morgan fingerprint density at radius 1 is 1.06 bits per heavy atom. The molecule has 0 fully saturated rings. The number of nitriles is 1. The molecule has 3 N–H and O–H groups in total. The number of anilines is 2. The molecule has 0 radical (unpaired) electrons. The maximum atomic E-state index is 13.6. The van der Waals surface area contributed by atoms with Gasteiger partial charge in [0.1, 0.15) is 22.5 Å². The zero-order valence-electron chi connectivity index (χ0n) is 26.5. The van der Waals surface area contributed by atoms with E-state index in [-0.39, 0.29) is 11.6 Å². The molecule has 2 unspecified atom stereocenters. The largest absolute Gasteiger partial charge is 0.496 e. The van der Waals surface area contributed by atoms with Crippen LogP contribution in [-0.4, -0.2) is 30.1 Å². The summed E-state index contributed by atoms with van der Waals surface area (Å²) >= 11 is 2.90. The Balaban J connectivity index is 1.32. The van der Waals surface area contributed by atoms with Crippen LogP contribution in [0, 0.1) is 17.2 Å². The quantitative estimate of drug-likeness (QED) is 0.112. The molecule has 0 saturated heterocycles. The summed E-state index contributed by atoms with van der Waals surface area (Å²) in [6.07, 6.45) is 4.98. The highest BCUT2D eigenvalue weighted by atomic mass is 32.2. The third kappa shape index (κ3) is 8.30. The predicted molar refractivity (Wildman–Crippen MR) is 189 cm³/mol. The molecule has 10 heteroatoms. The number of ether oxygens (including phenoxy) is 1. The minimum atomic E-state index is -0.521. The number of carbonyl (C=O) groups excluding carboxylic acids is 3. The standard InChI is InChI=1S/C37H36N4O4S2/c1-4-32(36(44)41-37-29(22-38)28-18-17-23(2)19-33(28)47-37)46-27-15-10-14-26(21-27)39-35(43)30(20-25-13-8-9-16-31(25)45-3)40-34(42)24-11-6-5-7-12-24/h5-16,20-21,23,32H,4,17-19H2,1-3H3,(H,39,43)(H,40,42)(H,41,44)/b30-20+. The molecule has 2 atom stereocenters. The Morgan fingerprint density at radius 2 is 1.83 bits per heavy atom. The molecule has 3 amide bonds. The normalized spacial score (nSPS) is 14.7. The van der Waals surface area contributed by atoms with Crippen LogP contribution in [0.2, 0.25) is 0 Å². The van der Waals surface area contributed by atoms with Gasteiger partial charge in [0.05, 0.1) is 17.9 Å². The molecule has 1 heterocycles. The van der Waals surface area contributed by atoms with Crippen molar-refractivity contribution < 1.29 is 19.1 Å². The predicted octanol–water partition coefficient (Wildman–Crippen LogP) is 7.67. The zero-order valence-corrected chi connectivity index (χ0v) is 28.1. The monoisotopic (exact) mass is 664 g/mol. The van der Waals surface area contributed by atoms with Crippen molar-refractivity contribution >= 4 is 57.6 Å². The molecule has 4 aromatic rings. The van der Waals surface area contributed by atoms with Crippen molar-refractivity contribution in [3.05, 3.63) is 112 Å². The number of hydrogen-bond donors (Lipinski definition) is 3. The number of para-hydroxylation sites is 1. The second-order valence-electron chi connectivity index (χ2n) is 11.3. The van der Waals surface area contributed by atoms with Crippen molar-refractivity contribution in [1.29, 1.82) is 5.26 Å². The molecular formula is C37H36N4O4S2. The number of hydrogen-bond acceptors (Lipinski definition) is 7. The minimum absolute atomic E-state index is 0.0357. The van der Waals surface area contributed by atoms with Gasteiger partial charge in [-0.2, -0.15) is 5.26 Å². The molecule has 240 valence electrons. The van der Waals surface area contributed by atoms with Crippen molar-refractivity contribution in [2.24, 2.45) is 5.92 Å². The summed E-state index contributed by atoms with van der Waals surface area (Å²) in [6.45, 7) is 4.16. The van der Waals surface area contributed by atoms with E-state index in [1.54, 1.807) is 67.8 Å². The molecule has 0 aliphatic heterocycles. The Kier molecular flexibility index (Phi) is 11.1. The van der Waals surface area contributed by atoms with Crippen molar-refractivity contribution in [2.75, 3.05) is 17.7 Å². The zero-order chi connectivity index (χ0) is 33.3. The van der Waals surface area contributed by atoms with E-state index in [2.05, 4.69) is 28.9 Å². The van der Waals surface area contributed by atoms with Gasteiger partial charge in [0.25, 0.3) is 11.8 Å². The molecule has 5 rings (SSSR count). The van der Waals surface area contributed by atoms with Crippen LogP contribution < -0.4 is 20.7 Å². The van der Waals surface area contributed by atoms with Crippen LogP contribution >= 0.6 is 23.1 Å². The van der Waals surface area contributed by atoms with Crippen LogP contribution in [0.1, 0.15) is 58.6 Å². The summed E-state index contributed by atoms with van der Waals surface area (Å²) in [5.74, 6) is 0.000529. The van der Waals surface area contributed by atoms with Crippen molar-refractivity contribution in [3.63, 3.8) is 0 Å². The van der Waals surface area contributed by atoms with E-state index < -0.39 is 17.1 Å². The Morgan fingerprint density at radius 3 is 2.57 bits per heavy atom. The number of fused-ring (bicyclic) bond motifs is 1. The van der Waals surface area contributed by atoms with Gasteiger partial charge in [0.15, 0.2) is 0 Å². The molecule has 8 nitrogen and oxygen atoms in total. The SMILES string of the molecule is CCC(Sc1cccc(NC(=O)/C(=C\c2ccccc2OC)NC(=O)c2ccccc2)c1)C(=O)Nc1sc2c(c1C#N)CCC(C)C2. The van der Waals surface area contributed by atoms with Crippen molar-refractivity contribution in [1.82, 2.24) is 5.32 Å². The van der Waals surface area contributed by atoms with Crippen molar-refractivity contribution in [2.45, 2.75) is 49.7 Å². The number of thiophene rings is 1. The lowest BCUT2D eigenvalue weighted by atomic mass is 9.88. The molecule has 0 bridgehead atoms. The van der Waals surface area contributed by atoms with Crippen LogP contribution in [-0.2, 0) is 22.4 Å². The van der Waals surface area contributed by atoms with Gasteiger partial charge in [0, 0.05) is 26.6 Å². The van der Waals surface area contributed by atoms with E-state index in [9.17, 15) is 19.6 Å². The van der Waals surface area contributed by atoms with Crippen molar-refractivity contribution in [3.8, 4) is 11.8 Å². The number of rotatable bonds is 11. The Labute approximate surface area is 283 Å². The summed E-state index contributed by atoms with van der Waals surface area (Å²) in [5, 5.41) is 18.8. The molecule has 3 aromatic carbocycles. The fraction of sp³-hybridized carbons (Fsp3) is 0.243. The second kappa shape index (κ2) is 15.6. The first-order valence-corrected chi connectivity index (χ1v) is 17.1. The van der Waals surface area contributed by atoms with E-state index in [0.717, 1.165) is 29.7 Å². The number of amides is 3. The van der Waals surface area contributed by atoms with Gasteiger partial charge in [-0.05, 0) is 79.6 Å². The maximum Gasteiger partial charge on any atom is 0.272 e. The fourth-order valence-corrected chi connectivity index (χ4v) is 7.74. The topological polar surface area (TPSA) is 120 Å². The molecule has 1 aromatic heterocycles. The number of thioether (sulfide) groups is 1. The molecule has 0 saturated carbocycles. The average Bonchev–Trinajstić information content (AvgIpc) is 3.43. The third-order valence-corrected chi connectivity index (χ3v) is 10.4. The number of nitrogens with zero attached hydrogens (tertiary/aromatic N) is 1. The first-order chi connectivity index (χ1) is 22.8. The van der Waals surface area contributed by atoms with Gasteiger partial charge < -0.3 is 20.7 Å². The highest BCUT2D eigenvalue weighted by Gasteiger charge is 2.27. The van der Waals surface area contributed by atoms with Crippen LogP contribution in [0.4, 0.5) is 10.7 Å². The van der Waals surface area contributed by atoms with E-state index in [1.165, 1.54) is 28.0 Å². The lowest BCUT2D eigenvalue weighted by molar-refractivity contribution is -0.116. The molecule has 1 aliphatic rings. The Bertz CT molecular complexity index is 1840. The van der Waals surface area contributed by atoms with Gasteiger partial charge >= 0.3 is 0 Å². The summed E-state index contributed by atoms with van der Waals surface area (Å²) in [4.78, 5) is 42.1. The number of carbonyl (C=O) groups is 3. The maximum absolute atomic E-state index is 13.6. The highest BCUT2D eigenvalue weighted by molar-refractivity contribution is 8.00. The van der Waals surface area contributed by atoms with Gasteiger partial charge in [-0.15, -0.1) is 23.1 Å². The second-order valence-corrected chi connectivity index (χ2v) is 13.7. The first-order valence-electron chi connectivity index (χ1n) is 15.4. The molecule has 47 heavy (non-hydrogen) atoms. The van der Waals surface area contributed by atoms with Gasteiger partial charge in [-0.3, -0.25) is 14.4 Å². The summed E-state index contributed by atoms with van der Waals surface area (Å²) in [7, 11) is 1.54. The van der Waals surface area contributed by atoms with Crippen LogP contribution in [0.25, 0.3) is 6.08 Å². The molecule has 0 spiro atoms. The van der Waals surface area contributed by atoms with E-state index >= 15 is 0 Å². The number of methoxy groups -OCH3 is 1. The van der Waals surface area contributed by atoms with E-state index in [1.807, 2.05) is 31.2 Å². The van der Waals surface area contributed by atoms with E-state index in [4.69, 9.17) is 4.74 Å². The Hall–Kier alpha value is -4.85. The summed E-state index contributed by atoms with van der Waals surface area (Å²) < 4.78 is 5.45. The van der Waals surface area contributed by atoms with Crippen LogP contribution in [0.5, 0.6) is 5.75 Å². The van der Waals surface area contributed by atoms with E-state index in [0.29, 0.717) is 45.5 Å². The molecular weight excluding hydrogens is 629 g/mol. The van der Waals surface area contributed by atoms with Gasteiger partial charge in [-0.25, -0.2) is 0 Å². The third-order valence-electron chi connectivity index (χ3n) is 7.86. The lowest BCUT2D eigenvalue weighted by Gasteiger charge is -2.17. The van der Waals surface area contributed by atoms with Crippen LogP contribution in [0.15, 0.2) is 89.5 Å². The van der Waals surface area contributed by atoms with Gasteiger partial charge in [0.2, 0.25) is 5.91 Å². The fourth-order valence-electron chi connectivity index (χ4n) is 5.37. The van der Waals surface area contributed by atoms with Gasteiger partial charge in [-0.1, -0.05) is 56.3 Å². The summed E-state index contributed by atoms with van der Waals surface area (Å²) in [6, 6.07) is 25.4.